The van der Waals surface area contributed by atoms with Crippen molar-refractivity contribution in [3.05, 3.63) is 51.6 Å². The van der Waals surface area contributed by atoms with E-state index in [-0.39, 0.29) is 0 Å². The molecular weight excluding hydrogens is 346 g/mol. The van der Waals surface area contributed by atoms with Gasteiger partial charge in [-0.05, 0) is 32.9 Å². The van der Waals surface area contributed by atoms with E-state index >= 15 is 0 Å². The van der Waals surface area contributed by atoms with Crippen molar-refractivity contribution >= 4 is 37.4 Å². The molecule has 0 saturated carbocycles. The second kappa shape index (κ2) is 6.30. The van der Waals surface area contributed by atoms with Gasteiger partial charge in [0, 0.05) is 28.4 Å². The molecule has 1 N–H and O–H groups in total. The lowest BCUT2D eigenvalue weighted by molar-refractivity contribution is 0.588. The van der Waals surface area contributed by atoms with E-state index in [0.717, 1.165) is 17.6 Å². The first kappa shape index (κ1) is 14.8. The van der Waals surface area contributed by atoms with Gasteiger partial charge in [-0.25, -0.2) is 0 Å². The maximum atomic E-state index is 4.39. The minimum absolute atomic E-state index is 0.488. The third-order valence-corrected chi connectivity index (χ3v) is 5.00. The van der Waals surface area contributed by atoms with Crippen molar-refractivity contribution in [1.29, 1.82) is 0 Å². The fourth-order valence-electron chi connectivity index (χ4n) is 2.35. The van der Waals surface area contributed by atoms with E-state index in [9.17, 15) is 0 Å². The molecule has 110 valence electrons. The van der Waals surface area contributed by atoms with Crippen LogP contribution in [0.1, 0.15) is 24.3 Å². The number of thiophene rings is 1. The zero-order valence-electron chi connectivity index (χ0n) is 12.1. The van der Waals surface area contributed by atoms with Crippen LogP contribution in [0.4, 0.5) is 0 Å². The van der Waals surface area contributed by atoms with Crippen LogP contribution in [-0.2, 0) is 13.1 Å². The van der Waals surface area contributed by atoms with E-state index < -0.39 is 0 Å². The summed E-state index contributed by atoms with van der Waals surface area (Å²) in [5, 5.41) is 9.26. The van der Waals surface area contributed by atoms with Gasteiger partial charge in [-0.3, -0.25) is 4.68 Å². The number of aromatic nitrogens is 2. The van der Waals surface area contributed by atoms with E-state index in [0.29, 0.717) is 6.04 Å². The Balaban J connectivity index is 1.98. The van der Waals surface area contributed by atoms with Gasteiger partial charge in [0.05, 0.1) is 17.2 Å². The lowest BCUT2D eigenvalue weighted by Gasteiger charge is -2.09. The first-order valence-electron chi connectivity index (χ1n) is 7.04. The van der Waals surface area contributed by atoms with Crippen LogP contribution in [0.25, 0.3) is 10.1 Å². The monoisotopic (exact) mass is 363 g/mol. The molecule has 0 atom stereocenters. The van der Waals surface area contributed by atoms with E-state index in [1.54, 1.807) is 0 Å². The molecule has 0 aliphatic carbocycles. The van der Waals surface area contributed by atoms with Crippen LogP contribution in [0.2, 0.25) is 0 Å². The van der Waals surface area contributed by atoms with Crippen LogP contribution in [0.3, 0.4) is 0 Å². The number of benzene rings is 1. The lowest BCUT2D eigenvalue weighted by atomic mass is 10.1. The molecule has 3 rings (SSSR count). The molecule has 0 bridgehead atoms. The van der Waals surface area contributed by atoms with Crippen LogP contribution in [0, 0.1) is 0 Å². The topological polar surface area (TPSA) is 29.9 Å². The first-order valence-corrected chi connectivity index (χ1v) is 8.65. The largest absolute Gasteiger partial charge is 0.310 e. The summed E-state index contributed by atoms with van der Waals surface area (Å²) in [6.07, 6.45) is 3.85. The number of fused-ring (bicyclic) bond motifs is 1. The molecule has 0 spiro atoms. The maximum Gasteiger partial charge on any atom is 0.0677 e. The number of rotatable bonds is 5. The zero-order valence-corrected chi connectivity index (χ0v) is 14.5. The number of hydrogen-bond donors (Lipinski definition) is 1. The van der Waals surface area contributed by atoms with E-state index in [2.05, 4.69) is 64.5 Å². The second-order valence-corrected chi connectivity index (χ2v) is 7.44. The number of halogens is 1. The molecular formula is C16H18BrN3S. The SMILES string of the molecule is CC(C)NCc1sc2ccccc2c1Cn1cc(Br)cn1. The highest BCUT2D eigenvalue weighted by molar-refractivity contribution is 9.10. The van der Waals surface area contributed by atoms with Crippen LogP contribution < -0.4 is 5.32 Å². The molecule has 3 aromatic rings. The second-order valence-electron chi connectivity index (χ2n) is 5.39. The summed E-state index contributed by atoms with van der Waals surface area (Å²) in [5.41, 5.74) is 1.37. The minimum Gasteiger partial charge on any atom is -0.310 e. The third kappa shape index (κ3) is 3.36. The van der Waals surface area contributed by atoms with Gasteiger partial charge in [-0.2, -0.15) is 5.10 Å². The van der Waals surface area contributed by atoms with Gasteiger partial charge in [0.15, 0.2) is 0 Å². The lowest BCUT2D eigenvalue weighted by Crippen LogP contribution is -2.22. The molecule has 0 aliphatic rings. The summed E-state index contributed by atoms with van der Waals surface area (Å²) in [6.45, 7) is 6.08. The van der Waals surface area contributed by atoms with Gasteiger partial charge in [0.1, 0.15) is 0 Å². The van der Waals surface area contributed by atoms with Crippen LogP contribution in [0.5, 0.6) is 0 Å². The van der Waals surface area contributed by atoms with Crippen molar-refractivity contribution in [3.63, 3.8) is 0 Å². The first-order chi connectivity index (χ1) is 10.1. The van der Waals surface area contributed by atoms with Gasteiger partial charge < -0.3 is 5.32 Å². The highest BCUT2D eigenvalue weighted by Gasteiger charge is 2.13. The minimum atomic E-state index is 0.488. The molecule has 0 radical (unpaired) electrons. The molecule has 5 heteroatoms. The standard InChI is InChI=1S/C16H18BrN3S/c1-11(2)18-8-16-14(10-20-9-12(17)7-19-20)13-5-3-4-6-15(13)21-16/h3-7,9,11,18H,8,10H2,1-2H3. The molecule has 0 saturated heterocycles. The summed E-state index contributed by atoms with van der Waals surface area (Å²) in [7, 11) is 0. The molecule has 0 amide bonds. The smallest absolute Gasteiger partial charge is 0.0677 e. The quantitative estimate of drug-likeness (QED) is 0.727. The molecule has 0 unspecified atom stereocenters. The van der Waals surface area contributed by atoms with Gasteiger partial charge in [-0.1, -0.05) is 32.0 Å². The maximum absolute atomic E-state index is 4.39. The van der Waals surface area contributed by atoms with E-state index in [1.165, 1.54) is 20.5 Å². The van der Waals surface area contributed by atoms with E-state index in [1.807, 2.05) is 28.4 Å². The number of nitrogens with one attached hydrogen (secondary N) is 1. The fraction of sp³-hybridized carbons (Fsp3) is 0.312. The molecule has 21 heavy (non-hydrogen) atoms. The molecule has 0 fully saturated rings. The molecule has 0 aliphatic heterocycles. The van der Waals surface area contributed by atoms with Crippen molar-refractivity contribution in [1.82, 2.24) is 15.1 Å². The Morgan fingerprint density at radius 3 is 2.86 bits per heavy atom. The highest BCUT2D eigenvalue weighted by atomic mass is 79.9. The molecule has 2 aromatic heterocycles. The third-order valence-electron chi connectivity index (χ3n) is 3.37. The molecule has 1 aromatic carbocycles. The average molecular weight is 364 g/mol. The Bertz CT molecular complexity index is 745. The summed E-state index contributed by atoms with van der Waals surface area (Å²) in [4.78, 5) is 1.40. The van der Waals surface area contributed by atoms with Crippen molar-refractivity contribution in [3.8, 4) is 0 Å². The van der Waals surface area contributed by atoms with Crippen molar-refractivity contribution in [2.45, 2.75) is 33.0 Å². The van der Waals surface area contributed by atoms with E-state index in [4.69, 9.17) is 0 Å². The van der Waals surface area contributed by atoms with Crippen LogP contribution in [-0.4, -0.2) is 15.8 Å². The fourth-order valence-corrected chi connectivity index (χ4v) is 3.84. The number of nitrogens with zero attached hydrogens (tertiary/aromatic N) is 2. The van der Waals surface area contributed by atoms with Crippen molar-refractivity contribution in [2.75, 3.05) is 0 Å². The van der Waals surface area contributed by atoms with Crippen LogP contribution >= 0.6 is 27.3 Å². The molecule has 2 heterocycles. The Hall–Kier alpha value is -1.17. The predicted molar refractivity (Wildman–Crippen MR) is 92.8 cm³/mol. The molecule has 3 nitrogen and oxygen atoms in total. The normalized spacial score (nSPS) is 11.6. The Labute approximate surface area is 137 Å². The highest BCUT2D eigenvalue weighted by Crippen LogP contribution is 2.32. The van der Waals surface area contributed by atoms with Gasteiger partial charge in [0.25, 0.3) is 0 Å². The summed E-state index contributed by atoms with van der Waals surface area (Å²) in [5.74, 6) is 0. The van der Waals surface area contributed by atoms with Crippen LogP contribution in [0.15, 0.2) is 41.1 Å². The Morgan fingerprint density at radius 1 is 1.33 bits per heavy atom. The van der Waals surface area contributed by atoms with Gasteiger partial charge in [0.2, 0.25) is 0 Å². The zero-order chi connectivity index (χ0) is 14.8. The van der Waals surface area contributed by atoms with Gasteiger partial charge in [-0.15, -0.1) is 11.3 Å². The summed E-state index contributed by atoms with van der Waals surface area (Å²) < 4.78 is 4.35. The predicted octanol–water partition coefficient (Wildman–Crippen LogP) is 4.41. The Kier molecular flexibility index (Phi) is 4.42. The van der Waals surface area contributed by atoms with Crippen molar-refractivity contribution < 1.29 is 0 Å². The van der Waals surface area contributed by atoms with Crippen molar-refractivity contribution in [2.24, 2.45) is 0 Å². The van der Waals surface area contributed by atoms with Gasteiger partial charge >= 0.3 is 0 Å². The summed E-state index contributed by atoms with van der Waals surface area (Å²) in [6, 6.07) is 9.10. The number of hydrogen-bond acceptors (Lipinski definition) is 3. The Morgan fingerprint density at radius 2 is 2.14 bits per heavy atom. The summed E-state index contributed by atoms with van der Waals surface area (Å²) >= 11 is 5.34. The average Bonchev–Trinajstić information content (AvgIpc) is 3.01.